The third kappa shape index (κ3) is 3.89. The monoisotopic (exact) mass is 435 g/mol. The first kappa shape index (κ1) is 20.6. The lowest BCUT2D eigenvalue weighted by molar-refractivity contribution is -0.116. The summed E-state index contributed by atoms with van der Waals surface area (Å²) in [5.41, 5.74) is 1.54. The molecule has 31 heavy (non-hydrogen) atoms. The molecule has 0 atom stereocenters. The van der Waals surface area contributed by atoms with Crippen LogP contribution in [-0.4, -0.2) is 22.2 Å². The fraction of sp³-hybridized carbons (Fsp3) is 0.174. The van der Waals surface area contributed by atoms with Gasteiger partial charge in [-0.05, 0) is 47.7 Å². The Kier molecular flexibility index (Phi) is 5.73. The highest BCUT2D eigenvalue weighted by Crippen LogP contribution is 2.22. The number of methoxy groups -OCH3 is 1. The van der Waals surface area contributed by atoms with Crippen LogP contribution < -0.4 is 21.3 Å². The second-order valence-corrected chi connectivity index (χ2v) is 7.83. The van der Waals surface area contributed by atoms with Crippen LogP contribution in [0.3, 0.4) is 0 Å². The molecule has 2 aromatic carbocycles. The maximum absolute atomic E-state index is 13.3. The zero-order valence-electron chi connectivity index (χ0n) is 17.1. The van der Waals surface area contributed by atoms with Gasteiger partial charge in [-0.15, -0.1) is 11.3 Å². The molecule has 7 nitrogen and oxygen atoms in total. The van der Waals surface area contributed by atoms with E-state index in [4.69, 9.17) is 4.74 Å². The fourth-order valence-corrected chi connectivity index (χ4v) is 4.26. The summed E-state index contributed by atoms with van der Waals surface area (Å²) in [4.78, 5) is 39.1. The second kappa shape index (κ2) is 8.61. The molecule has 8 heteroatoms. The first-order valence-electron chi connectivity index (χ1n) is 9.78. The number of hydrogen-bond acceptors (Lipinski definition) is 5. The van der Waals surface area contributed by atoms with E-state index in [1.165, 1.54) is 23.0 Å². The molecule has 1 N–H and O–H groups in total. The molecule has 0 saturated heterocycles. The van der Waals surface area contributed by atoms with Gasteiger partial charge in [0, 0.05) is 5.69 Å². The lowest BCUT2D eigenvalue weighted by Crippen LogP contribution is -2.40. The molecule has 2 aromatic heterocycles. The average Bonchev–Trinajstić information content (AvgIpc) is 3.28. The van der Waals surface area contributed by atoms with Crippen LogP contribution in [0.25, 0.3) is 15.9 Å². The molecule has 0 unspecified atom stereocenters. The number of ether oxygens (including phenoxy) is 1. The van der Waals surface area contributed by atoms with Crippen LogP contribution in [0.2, 0.25) is 0 Å². The molecule has 0 bridgehead atoms. The van der Waals surface area contributed by atoms with Gasteiger partial charge >= 0.3 is 5.69 Å². The number of hydrogen-bond donors (Lipinski definition) is 1. The van der Waals surface area contributed by atoms with Crippen molar-refractivity contribution in [1.82, 2.24) is 9.13 Å². The van der Waals surface area contributed by atoms with Crippen LogP contribution in [0.5, 0.6) is 5.75 Å². The summed E-state index contributed by atoms with van der Waals surface area (Å²) < 4.78 is 8.10. The van der Waals surface area contributed by atoms with Gasteiger partial charge in [-0.2, -0.15) is 0 Å². The summed E-state index contributed by atoms with van der Waals surface area (Å²) in [6, 6.07) is 16.0. The number of nitrogens with zero attached hydrogens (tertiary/aromatic N) is 2. The van der Waals surface area contributed by atoms with Crippen molar-refractivity contribution >= 4 is 33.1 Å². The van der Waals surface area contributed by atoms with Crippen LogP contribution in [-0.2, 0) is 17.8 Å². The minimum atomic E-state index is -0.600. The van der Waals surface area contributed by atoms with E-state index < -0.39 is 11.2 Å². The standard InChI is InChI=1S/C23H21N3O4S/c1-3-15-8-10-16(11-9-15)24-20(27)14-25-18-12-13-31-21(18)22(28)26(23(25)29)17-6-4-5-7-19(17)30-2/h4-13H,3,14H2,1-2H3,(H,24,27). The molecule has 4 aromatic rings. The van der Waals surface area contributed by atoms with Crippen LogP contribution >= 0.6 is 11.3 Å². The Bertz CT molecular complexity index is 1370. The second-order valence-electron chi connectivity index (χ2n) is 6.91. The molecule has 158 valence electrons. The maximum Gasteiger partial charge on any atom is 0.336 e. The molecule has 4 rings (SSSR count). The SMILES string of the molecule is CCc1ccc(NC(=O)Cn2c(=O)n(-c3ccccc3OC)c(=O)c3sccc32)cc1. The van der Waals surface area contributed by atoms with Gasteiger partial charge < -0.3 is 10.1 Å². The molecule has 0 aliphatic heterocycles. The van der Waals surface area contributed by atoms with E-state index in [0.29, 0.717) is 27.3 Å². The Morgan fingerprint density at radius 2 is 1.81 bits per heavy atom. The zero-order chi connectivity index (χ0) is 22.0. The number of aromatic nitrogens is 2. The van der Waals surface area contributed by atoms with Crippen molar-refractivity contribution in [2.45, 2.75) is 19.9 Å². The van der Waals surface area contributed by atoms with E-state index in [1.807, 2.05) is 24.3 Å². The Morgan fingerprint density at radius 3 is 2.52 bits per heavy atom. The van der Waals surface area contributed by atoms with E-state index in [9.17, 15) is 14.4 Å². The molecule has 2 heterocycles. The molecule has 0 aliphatic carbocycles. The summed E-state index contributed by atoms with van der Waals surface area (Å²) in [7, 11) is 1.48. The lowest BCUT2D eigenvalue weighted by Gasteiger charge is -2.14. The number of thiophene rings is 1. The number of amides is 1. The molecule has 0 fully saturated rings. The predicted molar refractivity (Wildman–Crippen MR) is 123 cm³/mol. The van der Waals surface area contributed by atoms with Crippen molar-refractivity contribution in [1.29, 1.82) is 0 Å². The summed E-state index contributed by atoms with van der Waals surface area (Å²) in [5, 5.41) is 4.55. The number of nitrogens with one attached hydrogen (secondary N) is 1. The fourth-order valence-electron chi connectivity index (χ4n) is 3.43. The predicted octanol–water partition coefficient (Wildman–Crippen LogP) is 3.42. The number of rotatable bonds is 6. The number of carbonyl (C=O) groups excluding carboxylic acids is 1. The minimum absolute atomic E-state index is 0.225. The number of carbonyl (C=O) groups is 1. The van der Waals surface area contributed by atoms with Gasteiger partial charge in [-0.1, -0.05) is 31.2 Å². The smallest absolute Gasteiger partial charge is 0.336 e. The van der Waals surface area contributed by atoms with Gasteiger partial charge in [-0.25, -0.2) is 9.36 Å². The zero-order valence-corrected chi connectivity index (χ0v) is 17.9. The third-order valence-electron chi connectivity index (χ3n) is 5.03. The quantitative estimate of drug-likeness (QED) is 0.503. The van der Waals surface area contributed by atoms with Gasteiger partial charge in [0.1, 0.15) is 17.0 Å². The highest BCUT2D eigenvalue weighted by Gasteiger charge is 2.19. The van der Waals surface area contributed by atoms with Crippen LogP contribution in [0, 0.1) is 0 Å². The largest absolute Gasteiger partial charge is 0.495 e. The number of anilines is 1. The van der Waals surface area contributed by atoms with Crippen LogP contribution in [0.1, 0.15) is 12.5 Å². The van der Waals surface area contributed by atoms with E-state index in [-0.39, 0.29) is 12.5 Å². The molecule has 0 radical (unpaired) electrons. The van der Waals surface area contributed by atoms with E-state index in [2.05, 4.69) is 12.2 Å². The third-order valence-corrected chi connectivity index (χ3v) is 5.92. The van der Waals surface area contributed by atoms with Crippen molar-refractivity contribution in [3.8, 4) is 11.4 Å². The normalized spacial score (nSPS) is 10.9. The Morgan fingerprint density at radius 1 is 1.06 bits per heavy atom. The molecule has 0 saturated carbocycles. The average molecular weight is 436 g/mol. The number of para-hydroxylation sites is 2. The number of aryl methyl sites for hydroxylation is 1. The first-order valence-corrected chi connectivity index (χ1v) is 10.7. The Balaban J connectivity index is 1.77. The van der Waals surface area contributed by atoms with Crippen molar-refractivity contribution in [2.24, 2.45) is 0 Å². The van der Waals surface area contributed by atoms with Crippen molar-refractivity contribution in [3.63, 3.8) is 0 Å². The van der Waals surface area contributed by atoms with E-state index >= 15 is 0 Å². The van der Waals surface area contributed by atoms with Crippen molar-refractivity contribution < 1.29 is 9.53 Å². The van der Waals surface area contributed by atoms with Crippen molar-refractivity contribution in [3.05, 3.63) is 86.4 Å². The van der Waals surface area contributed by atoms with Crippen LogP contribution in [0.4, 0.5) is 5.69 Å². The Hall–Kier alpha value is -3.65. The first-order chi connectivity index (χ1) is 15.0. The van der Waals surface area contributed by atoms with Gasteiger partial charge in [-0.3, -0.25) is 14.2 Å². The molecule has 0 spiro atoms. The minimum Gasteiger partial charge on any atom is -0.495 e. The van der Waals surface area contributed by atoms with Crippen LogP contribution in [0.15, 0.2) is 69.6 Å². The molecular formula is C23H21N3O4S. The van der Waals surface area contributed by atoms with Gasteiger partial charge in [0.05, 0.1) is 18.3 Å². The van der Waals surface area contributed by atoms with Gasteiger partial charge in [0.25, 0.3) is 5.56 Å². The van der Waals surface area contributed by atoms with Gasteiger partial charge in [0.15, 0.2) is 0 Å². The molecular weight excluding hydrogens is 414 g/mol. The maximum atomic E-state index is 13.3. The van der Waals surface area contributed by atoms with Gasteiger partial charge in [0.2, 0.25) is 5.91 Å². The highest BCUT2D eigenvalue weighted by atomic mass is 32.1. The number of fused-ring (bicyclic) bond motifs is 1. The summed E-state index contributed by atoms with van der Waals surface area (Å²) in [6.07, 6.45) is 0.907. The lowest BCUT2D eigenvalue weighted by atomic mass is 10.1. The number of benzene rings is 2. The summed E-state index contributed by atoms with van der Waals surface area (Å²) >= 11 is 1.23. The highest BCUT2D eigenvalue weighted by molar-refractivity contribution is 7.17. The van der Waals surface area contributed by atoms with E-state index in [0.717, 1.165) is 16.6 Å². The van der Waals surface area contributed by atoms with Crippen molar-refractivity contribution in [2.75, 3.05) is 12.4 Å². The summed E-state index contributed by atoms with van der Waals surface area (Å²) in [5.74, 6) is 0.0358. The molecule has 1 amide bonds. The van der Waals surface area contributed by atoms with E-state index in [1.54, 1.807) is 35.7 Å². The molecule has 0 aliphatic rings. The summed E-state index contributed by atoms with van der Waals surface area (Å²) in [6.45, 7) is 1.83. The Labute approximate surface area is 182 Å². The topological polar surface area (TPSA) is 82.3 Å².